The molecule has 164 valence electrons. The topological polar surface area (TPSA) is 99.2 Å². The Balaban J connectivity index is 1.84. The van der Waals surface area contributed by atoms with Gasteiger partial charge in [-0.15, -0.1) is 0 Å². The van der Waals surface area contributed by atoms with Gasteiger partial charge in [0.2, 0.25) is 5.95 Å². The Hall–Kier alpha value is -3.78. The lowest BCUT2D eigenvalue weighted by Crippen LogP contribution is -2.28. The third-order valence-electron chi connectivity index (χ3n) is 5.26. The van der Waals surface area contributed by atoms with Crippen LogP contribution >= 0.6 is 0 Å². The van der Waals surface area contributed by atoms with Gasteiger partial charge in [0.15, 0.2) is 0 Å². The van der Waals surface area contributed by atoms with Gasteiger partial charge >= 0.3 is 0 Å². The van der Waals surface area contributed by atoms with Crippen LogP contribution in [0.1, 0.15) is 11.4 Å². The maximum atomic E-state index is 13.6. The summed E-state index contributed by atoms with van der Waals surface area (Å²) >= 11 is 0. The largest absolute Gasteiger partial charge is 0.497 e. The van der Waals surface area contributed by atoms with Gasteiger partial charge in [-0.3, -0.25) is 9.36 Å². The molecule has 0 fully saturated rings. The Morgan fingerprint density at radius 1 is 1.09 bits per heavy atom. The number of fused-ring (bicyclic) bond motifs is 1. The number of benzene rings is 2. The molecule has 4 rings (SSSR count). The van der Waals surface area contributed by atoms with Crippen LogP contribution in [0, 0.1) is 0 Å². The second kappa shape index (κ2) is 9.15. The predicted octanol–water partition coefficient (Wildman–Crippen LogP) is 2.60. The molecule has 2 aromatic carbocycles. The molecule has 0 bridgehead atoms. The van der Waals surface area contributed by atoms with E-state index in [2.05, 4.69) is 14.9 Å². The SMILES string of the molecule is COc1cccc(Cn2c(CCN(C)C)nc3ccc(-c4ccnc(N)n4)cc3c2=O)c1. The molecule has 0 spiro atoms. The van der Waals surface area contributed by atoms with E-state index in [1.807, 2.05) is 56.6 Å². The summed E-state index contributed by atoms with van der Waals surface area (Å²) < 4.78 is 7.09. The van der Waals surface area contributed by atoms with Crippen LogP contribution < -0.4 is 16.0 Å². The molecule has 0 aliphatic heterocycles. The highest BCUT2D eigenvalue weighted by Crippen LogP contribution is 2.22. The Labute approximate surface area is 186 Å². The fraction of sp³-hybridized carbons (Fsp3) is 0.250. The van der Waals surface area contributed by atoms with Crippen molar-refractivity contribution >= 4 is 16.9 Å². The molecule has 0 unspecified atom stereocenters. The quantitative estimate of drug-likeness (QED) is 0.481. The van der Waals surface area contributed by atoms with Crippen LogP contribution in [-0.2, 0) is 13.0 Å². The van der Waals surface area contributed by atoms with E-state index in [1.165, 1.54) is 0 Å². The Morgan fingerprint density at radius 2 is 1.94 bits per heavy atom. The van der Waals surface area contributed by atoms with Crippen molar-refractivity contribution in [3.8, 4) is 17.0 Å². The van der Waals surface area contributed by atoms with Crippen LogP contribution in [0.3, 0.4) is 0 Å². The fourth-order valence-electron chi connectivity index (χ4n) is 3.59. The third kappa shape index (κ3) is 4.60. The molecular formula is C24H26N6O2. The number of rotatable bonds is 7. The smallest absolute Gasteiger partial charge is 0.261 e. The molecule has 0 atom stereocenters. The van der Waals surface area contributed by atoms with Gasteiger partial charge in [-0.25, -0.2) is 15.0 Å². The van der Waals surface area contributed by atoms with Gasteiger partial charge < -0.3 is 15.4 Å². The number of hydrogen-bond acceptors (Lipinski definition) is 7. The number of hydrogen-bond donors (Lipinski definition) is 1. The van der Waals surface area contributed by atoms with E-state index in [1.54, 1.807) is 23.9 Å². The van der Waals surface area contributed by atoms with E-state index in [0.717, 1.165) is 29.2 Å². The van der Waals surface area contributed by atoms with Gasteiger partial charge in [-0.05, 0) is 50.0 Å². The van der Waals surface area contributed by atoms with Crippen molar-refractivity contribution in [2.45, 2.75) is 13.0 Å². The molecule has 2 aromatic heterocycles. The van der Waals surface area contributed by atoms with Crippen molar-refractivity contribution in [3.05, 3.63) is 76.5 Å². The minimum Gasteiger partial charge on any atom is -0.497 e. The first-order valence-electron chi connectivity index (χ1n) is 10.3. The monoisotopic (exact) mass is 430 g/mol. The average Bonchev–Trinajstić information content (AvgIpc) is 2.79. The van der Waals surface area contributed by atoms with Gasteiger partial charge in [0.25, 0.3) is 5.56 Å². The fourth-order valence-corrected chi connectivity index (χ4v) is 3.59. The highest BCUT2D eigenvalue weighted by atomic mass is 16.5. The van der Waals surface area contributed by atoms with E-state index in [0.29, 0.717) is 29.6 Å². The number of methoxy groups -OCH3 is 1. The molecule has 0 saturated heterocycles. The molecule has 2 N–H and O–H groups in total. The highest BCUT2D eigenvalue weighted by Gasteiger charge is 2.14. The second-order valence-electron chi connectivity index (χ2n) is 7.86. The number of aromatic nitrogens is 4. The molecule has 4 aromatic rings. The van der Waals surface area contributed by atoms with Gasteiger partial charge in [0.05, 0.1) is 30.3 Å². The maximum Gasteiger partial charge on any atom is 0.261 e. The zero-order valence-electron chi connectivity index (χ0n) is 18.4. The van der Waals surface area contributed by atoms with Crippen LogP contribution in [0.5, 0.6) is 5.75 Å². The lowest BCUT2D eigenvalue weighted by Gasteiger charge is -2.16. The number of anilines is 1. The molecule has 32 heavy (non-hydrogen) atoms. The van der Waals surface area contributed by atoms with Crippen LogP contribution in [0.2, 0.25) is 0 Å². The van der Waals surface area contributed by atoms with E-state index in [9.17, 15) is 4.79 Å². The van der Waals surface area contributed by atoms with E-state index in [4.69, 9.17) is 15.5 Å². The first kappa shape index (κ1) is 21.5. The summed E-state index contributed by atoms with van der Waals surface area (Å²) in [5.41, 5.74) is 8.73. The lowest BCUT2D eigenvalue weighted by molar-refractivity contribution is 0.404. The van der Waals surface area contributed by atoms with E-state index >= 15 is 0 Å². The summed E-state index contributed by atoms with van der Waals surface area (Å²) in [5, 5.41) is 0.538. The lowest BCUT2D eigenvalue weighted by atomic mass is 10.1. The minimum atomic E-state index is -0.0875. The number of nitrogens with two attached hydrogens (primary N) is 1. The van der Waals surface area contributed by atoms with Gasteiger partial charge in [0, 0.05) is 24.7 Å². The summed E-state index contributed by atoms with van der Waals surface area (Å²) in [5.74, 6) is 1.69. The minimum absolute atomic E-state index is 0.0875. The number of nitrogen functional groups attached to an aromatic ring is 1. The summed E-state index contributed by atoms with van der Waals surface area (Å²) in [7, 11) is 5.64. The zero-order chi connectivity index (χ0) is 22.7. The maximum absolute atomic E-state index is 13.6. The third-order valence-corrected chi connectivity index (χ3v) is 5.26. The molecule has 8 heteroatoms. The molecular weight excluding hydrogens is 404 g/mol. The first-order valence-corrected chi connectivity index (χ1v) is 10.3. The van der Waals surface area contributed by atoms with Crippen LogP contribution in [0.25, 0.3) is 22.2 Å². The van der Waals surface area contributed by atoms with Crippen molar-refractivity contribution in [1.29, 1.82) is 0 Å². The summed E-state index contributed by atoms with van der Waals surface area (Å²) in [6, 6.07) is 15.1. The molecule has 0 saturated carbocycles. The van der Waals surface area contributed by atoms with Gasteiger partial charge in [-0.1, -0.05) is 18.2 Å². The highest BCUT2D eigenvalue weighted by molar-refractivity contribution is 5.83. The van der Waals surface area contributed by atoms with Gasteiger partial charge in [0.1, 0.15) is 11.6 Å². The van der Waals surface area contributed by atoms with Crippen LogP contribution in [-0.4, -0.2) is 52.2 Å². The average molecular weight is 431 g/mol. The zero-order valence-corrected chi connectivity index (χ0v) is 18.4. The van der Waals surface area contributed by atoms with E-state index < -0.39 is 0 Å². The van der Waals surface area contributed by atoms with Crippen LogP contribution in [0.15, 0.2) is 59.5 Å². The van der Waals surface area contributed by atoms with Crippen molar-refractivity contribution in [1.82, 2.24) is 24.4 Å². The molecule has 0 aliphatic rings. The number of likely N-dealkylation sites (N-methyl/N-ethyl adjacent to an activating group) is 1. The Kier molecular flexibility index (Phi) is 6.13. The van der Waals surface area contributed by atoms with Crippen molar-refractivity contribution in [3.63, 3.8) is 0 Å². The molecule has 2 heterocycles. The van der Waals surface area contributed by atoms with Crippen molar-refractivity contribution < 1.29 is 4.74 Å². The molecule has 0 aliphatic carbocycles. The van der Waals surface area contributed by atoms with Crippen LogP contribution in [0.4, 0.5) is 5.95 Å². The predicted molar refractivity (Wildman–Crippen MR) is 126 cm³/mol. The van der Waals surface area contributed by atoms with Crippen molar-refractivity contribution in [2.75, 3.05) is 33.5 Å². The Morgan fingerprint density at radius 3 is 2.69 bits per heavy atom. The summed E-state index contributed by atoms with van der Waals surface area (Å²) in [6.45, 7) is 1.20. The molecule has 8 nitrogen and oxygen atoms in total. The van der Waals surface area contributed by atoms with E-state index in [-0.39, 0.29) is 11.5 Å². The molecule has 0 amide bonds. The summed E-state index contributed by atoms with van der Waals surface area (Å²) in [6.07, 6.45) is 2.26. The first-order chi connectivity index (χ1) is 15.4. The summed E-state index contributed by atoms with van der Waals surface area (Å²) in [4.78, 5) is 28.8. The number of nitrogens with zero attached hydrogens (tertiary/aromatic N) is 5. The standard InChI is InChI=1S/C24H26N6O2/c1-29(2)12-10-22-27-21-8-7-17(20-9-11-26-24(25)28-20)14-19(21)23(31)30(22)15-16-5-4-6-18(13-16)32-3/h4-9,11,13-14H,10,12,15H2,1-3H3,(H2,25,26,28). The van der Waals surface area contributed by atoms with Crippen molar-refractivity contribution in [2.24, 2.45) is 0 Å². The number of ether oxygens (including phenoxy) is 1. The molecule has 0 radical (unpaired) electrons. The second-order valence-corrected chi connectivity index (χ2v) is 7.86. The Bertz CT molecular complexity index is 1320. The normalized spacial score (nSPS) is 11.2. The van der Waals surface area contributed by atoms with Gasteiger partial charge in [-0.2, -0.15) is 0 Å².